The minimum atomic E-state index is 1.11. The van der Waals surface area contributed by atoms with Crippen molar-refractivity contribution in [1.82, 2.24) is 0 Å². The first-order valence-corrected chi connectivity index (χ1v) is 8.01. The highest BCUT2D eigenvalue weighted by Gasteiger charge is 1.90. The van der Waals surface area contributed by atoms with Gasteiger partial charge in [-0.25, -0.2) is 0 Å². The van der Waals surface area contributed by atoms with E-state index in [1.54, 1.807) is 0 Å². The van der Waals surface area contributed by atoms with Gasteiger partial charge in [0.15, 0.2) is 0 Å². The van der Waals surface area contributed by atoms with Crippen LogP contribution in [0.25, 0.3) is 0 Å². The zero-order valence-electron chi connectivity index (χ0n) is 12.5. The summed E-state index contributed by atoms with van der Waals surface area (Å²) >= 11 is 0. The first-order chi connectivity index (χ1) is 8.91. The maximum atomic E-state index is 3.87. The molecule has 0 heterocycles. The summed E-state index contributed by atoms with van der Waals surface area (Å²) in [6.07, 6.45) is 24.9. The van der Waals surface area contributed by atoms with Crippen LogP contribution in [0.2, 0.25) is 0 Å². The van der Waals surface area contributed by atoms with Crippen molar-refractivity contribution in [3.05, 3.63) is 31.2 Å². The first-order valence-electron chi connectivity index (χ1n) is 8.01. The van der Waals surface area contributed by atoms with Gasteiger partial charge in [0.05, 0.1) is 0 Å². The van der Waals surface area contributed by atoms with Crippen molar-refractivity contribution >= 4 is 0 Å². The molecule has 0 nitrogen and oxygen atoms in total. The van der Waals surface area contributed by atoms with Gasteiger partial charge in [0.2, 0.25) is 0 Å². The van der Waals surface area contributed by atoms with Crippen molar-refractivity contribution in [3.8, 4) is 0 Å². The Labute approximate surface area is 116 Å². The first kappa shape index (κ1) is 17.5. The molecule has 0 rings (SSSR count). The fourth-order valence-corrected chi connectivity index (χ4v) is 2.04. The van der Waals surface area contributed by atoms with Crippen molar-refractivity contribution in [2.24, 2.45) is 0 Å². The Bertz CT molecular complexity index is 188. The largest absolute Gasteiger partial charge is 0.0888 e. The molecule has 1 radical (unpaired) electrons. The lowest BCUT2D eigenvalue weighted by molar-refractivity contribution is 0.583. The maximum absolute atomic E-state index is 3.87. The van der Waals surface area contributed by atoms with Crippen LogP contribution in [0.15, 0.2) is 24.3 Å². The van der Waals surface area contributed by atoms with Gasteiger partial charge >= 0.3 is 0 Å². The quantitative estimate of drug-likeness (QED) is 0.254. The van der Waals surface area contributed by atoms with Crippen molar-refractivity contribution in [2.45, 2.75) is 84.0 Å². The van der Waals surface area contributed by atoms with Crippen LogP contribution in [0, 0.1) is 6.92 Å². The van der Waals surface area contributed by atoms with Gasteiger partial charge in [-0.3, -0.25) is 0 Å². The third-order valence-electron chi connectivity index (χ3n) is 3.19. The molecular weight excluding hydrogens is 216 g/mol. The third kappa shape index (κ3) is 15.5. The molecule has 105 valence electrons. The Balaban J connectivity index is 3.06. The van der Waals surface area contributed by atoms with E-state index in [0.717, 1.165) is 6.42 Å². The molecule has 0 aromatic heterocycles. The fourth-order valence-electron chi connectivity index (χ4n) is 2.04. The number of hydrogen-bond acceptors (Lipinski definition) is 0. The number of rotatable bonds is 13. The Morgan fingerprint density at radius 1 is 0.611 bits per heavy atom. The third-order valence-corrected chi connectivity index (χ3v) is 3.19. The van der Waals surface area contributed by atoms with Crippen LogP contribution in [0.4, 0.5) is 0 Å². The van der Waals surface area contributed by atoms with Gasteiger partial charge in [0, 0.05) is 0 Å². The van der Waals surface area contributed by atoms with Gasteiger partial charge in [0.1, 0.15) is 0 Å². The predicted octanol–water partition coefficient (Wildman–Crippen LogP) is 6.63. The van der Waals surface area contributed by atoms with Crippen LogP contribution in [-0.2, 0) is 0 Å². The van der Waals surface area contributed by atoms with Crippen LogP contribution >= 0.6 is 0 Å². The number of allylic oxidation sites excluding steroid dienone is 4. The number of hydrogen-bond donors (Lipinski definition) is 0. The SMILES string of the molecule is [CH2]CCCCCCCCCC=CCCC=CCC. The number of unbranched alkanes of at least 4 members (excludes halogenated alkanes) is 9. The molecule has 0 aromatic rings. The van der Waals surface area contributed by atoms with Crippen LogP contribution < -0.4 is 0 Å². The molecule has 0 saturated heterocycles. The second-order valence-electron chi connectivity index (χ2n) is 5.05. The molecule has 0 unspecified atom stereocenters. The van der Waals surface area contributed by atoms with Gasteiger partial charge in [0.25, 0.3) is 0 Å². The van der Waals surface area contributed by atoms with E-state index in [4.69, 9.17) is 0 Å². The molecule has 0 aliphatic rings. The average Bonchev–Trinajstić information content (AvgIpc) is 2.39. The maximum Gasteiger partial charge on any atom is -0.0316 e. The van der Waals surface area contributed by atoms with E-state index in [2.05, 4.69) is 38.2 Å². The van der Waals surface area contributed by atoms with E-state index in [9.17, 15) is 0 Å². The van der Waals surface area contributed by atoms with Gasteiger partial charge in [-0.15, -0.1) is 0 Å². The van der Waals surface area contributed by atoms with Crippen LogP contribution in [0.5, 0.6) is 0 Å². The summed E-state index contributed by atoms with van der Waals surface area (Å²) in [5, 5.41) is 0. The summed E-state index contributed by atoms with van der Waals surface area (Å²) < 4.78 is 0. The summed E-state index contributed by atoms with van der Waals surface area (Å²) in [5.41, 5.74) is 0. The van der Waals surface area contributed by atoms with Crippen molar-refractivity contribution in [3.63, 3.8) is 0 Å². The average molecular weight is 249 g/mol. The molecule has 0 spiro atoms. The Morgan fingerprint density at radius 2 is 1.11 bits per heavy atom. The summed E-state index contributed by atoms with van der Waals surface area (Å²) in [4.78, 5) is 0. The molecule has 0 atom stereocenters. The molecule has 0 aliphatic carbocycles. The van der Waals surface area contributed by atoms with E-state index < -0.39 is 0 Å². The van der Waals surface area contributed by atoms with Gasteiger partial charge in [-0.2, -0.15) is 0 Å². The predicted molar refractivity (Wildman–Crippen MR) is 84.7 cm³/mol. The highest BCUT2D eigenvalue weighted by Crippen LogP contribution is 2.09. The lowest BCUT2D eigenvalue weighted by atomic mass is 10.1. The molecule has 0 N–H and O–H groups in total. The smallest absolute Gasteiger partial charge is 0.0316 e. The Hall–Kier alpha value is -0.520. The molecule has 0 aromatic carbocycles. The molecule has 0 aliphatic heterocycles. The van der Waals surface area contributed by atoms with Crippen molar-refractivity contribution < 1.29 is 0 Å². The minimum absolute atomic E-state index is 1.11. The van der Waals surface area contributed by atoms with E-state index in [0.29, 0.717) is 0 Å². The van der Waals surface area contributed by atoms with Crippen molar-refractivity contribution in [1.29, 1.82) is 0 Å². The second-order valence-corrected chi connectivity index (χ2v) is 5.05. The standard InChI is InChI=1S/C18H33/c1-3-5-7-9-11-13-15-17-18-16-14-12-10-8-6-4-2/h6,8,14,16H,1,3-5,7,9-13,15,17-18H2,2H3. The van der Waals surface area contributed by atoms with E-state index in [1.807, 2.05) is 0 Å². The Morgan fingerprint density at radius 3 is 1.72 bits per heavy atom. The fraction of sp³-hybridized carbons (Fsp3) is 0.722. The lowest BCUT2D eigenvalue weighted by Gasteiger charge is -1.99. The summed E-state index contributed by atoms with van der Waals surface area (Å²) in [5.74, 6) is 0. The van der Waals surface area contributed by atoms with Crippen LogP contribution in [-0.4, -0.2) is 0 Å². The van der Waals surface area contributed by atoms with Gasteiger partial charge < -0.3 is 0 Å². The zero-order chi connectivity index (χ0) is 13.3. The molecular formula is C18H33. The van der Waals surface area contributed by atoms with Crippen molar-refractivity contribution in [2.75, 3.05) is 0 Å². The van der Waals surface area contributed by atoms with E-state index in [-0.39, 0.29) is 0 Å². The van der Waals surface area contributed by atoms with E-state index in [1.165, 1.54) is 70.6 Å². The molecule has 0 fully saturated rings. The summed E-state index contributed by atoms with van der Waals surface area (Å²) in [6, 6.07) is 0. The van der Waals surface area contributed by atoms with Gasteiger partial charge in [-0.05, 0) is 32.1 Å². The minimum Gasteiger partial charge on any atom is -0.0888 e. The monoisotopic (exact) mass is 249 g/mol. The Kier molecular flexibility index (Phi) is 16.0. The molecule has 0 amide bonds. The normalized spacial score (nSPS) is 11.9. The van der Waals surface area contributed by atoms with Gasteiger partial charge in [-0.1, -0.05) is 83.1 Å². The molecule has 0 heteroatoms. The highest BCUT2D eigenvalue weighted by molar-refractivity contribution is 4.87. The molecule has 0 bridgehead atoms. The lowest BCUT2D eigenvalue weighted by Crippen LogP contribution is -1.80. The zero-order valence-corrected chi connectivity index (χ0v) is 12.5. The van der Waals surface area contributed by atoms with E-state index >= 15 is 0 Å². The molecule has 18 heavy (non-hydrogen) atoms. The van der Waals surface area contributed by atoms with Crippen LogP contribution in [0.3, 0.4) is 0 Å². The highest BCUT2D eigenvalue weighted by atomic mass is 14.0. The second kappa shape index (κ2) is 16.5. The topological polar surface area (TPSA) is 0 Å². The summed E-state index contributed by atoms with van der Waals surface area (Å²) in [6.45, 7) is 6.06. The molecule has 0 saturated carbocycles. The van der Waals surface area contributed by atoms with Crippen LogP contribution in [0.1, 0.15) is 84.0 Å². The summed E-state index contributed by atoms with van der Waals surface area (Å²) in [7, 11) is 0.